The van der Waals surface area contributed by atoms with Crippen LogP contribution in [0.15, 0.2) is 48.5 Å². The van der Waals surface area contributed by atoms with Gasteiger partial charge in [-0.15, -0.1) is 0 Å². The van der Waals surface area contributed by atoms with Crippen molar-refractivity contribution >= 4 is 10.9 Å². The van der Waals surface area contributed by atoms with Gasteiger partial charge in [-0.25, -0.2) is 0 Å². The van der Waals surface area contributed by atoms with Gasteiger partial charge in [-0.1, -0.05) is 19.9 Å². The zero-order valence-corrected chi connectivity index (χ0v) is 18.0. The van der Waals surface area contributed by atoms with Gasteiger partial charge in [-0.3, -0.25) is 0 Å². The van der Waals surface area contributed by atoms with Gasteiger partial charge in [0.05, 0.1) is 12.6 Å². The maximum absolute atomic E-state index is 10.2. The Hall–Kier alpha value is -2.50. The van der Waals surface area contributed by atoms with Crippen LogP contribution < -0.4 is 14.8 Å². The number of fused-ring (bicyclic) bond motifs is 1. The number of methoxy groups -OCH3 is 1. The van der Waals surface area contributed by atoms with Gasteiger partial charge in [-0.05, 0) is 61.9 Å². The molecule has 156 valence electrons. The summed E-state index contributed by atoms with van der Waals surface area (Å²) >= 11 is 0. The Morgan fingerprint density at radius 1 is 1.03 bits per heavy atom. The molecule has 0 radical (unpaired) electrons. The molecule has 2 N–H and O–H groups in total. The molecule has 0 amide bonds. The van der Waals surface area contributed by atoms with Crippen molar-refractivity contribution in [3.63, 3.8) is 0 Å². The maximum Gasteiger partial charge on any atom is 0.128 e. The fourth-order valence-electron chi connectivity index (χ4n) is 3.51. The Labute approximate surface area is 173 Å². The highest BCUT2D eigenvalue weighted by Gasteiger charge is 2.17. The van der Waals surface area contributed by atoms with E-state index < -0.39 is 6.10 Å². The quantitative estimate of drug-likeness (QED) is 0.553. The number of hydrogen-bond donors (Lipinski definition) is 2. The van der Waals surface area contributed by atoms with Gasteiger partial charge in [0.1, 0.15) is 24.2 Å². The minimum atomic E-state index is -0.555. The predicted molar refractivity (Wildman–Crippen MR) is 119 cm³/mol. The van der Waals surface area contributed by atoms with Crippen molar-refractivity contribution in [2.75, 3.05) is 20.3 Å². The summed E-state index contributed by atoms with van der Waals surface area (Å²) in [7, 11) is 1.68. The Kier molecular flexibility index (Phi) is 6.83. The normalized spacial score (nSPS) is 12.7. The molecule has 1 unspecified atom stereocenters. The fraction of sp³-hybridized carbons (Fsp3) is 0.417. The number of benzene rings is 2. The first-order valence-electron chi connectivity index (χ1n) is 10.2. The number of aliphatic hydroxyl groups is 1. The van der Waals surface area contributed by atoms with Crippen LogP contribution in [-0.4, -0.2) is 42.1 Å². The van der Waals surface area contributed by atoms with E-state index in [2.05, 4.69) is 61.8 Å². The van der Waals surface area contributed by atoms with Crippen molar-refractivity contribution in [2.45, 2.75) is 45.9 Å². The van der Waals surface area contributed by atoms with Crippen molar-refractivity contribution in [3.05, 3.63) is 48.5 Å². The van der Waals surface area contributed by atoms with Gasteiger partial charge in [-0.2, -0.15) is 0 Å². The highest BCUT2D eigenvalue weighted by molar-refractivity contribution is 5.92. The average molecular weight is 397 g/mol. The lowest BCUT2D eigenvalue weighted by atomic mass is 10.1. The van der Waals surface area contributed by atoms with E-state index in [0.717, 1.165) is 33.7 Å². The van der Waals surface area contributed by atoms with Crippen LogP contribution in [0.4, 0.5) is 0 Å². The van der Waals surface area contributed by atoms with Crippen molar-refractivity contribution in [3.8, 4) is 22.8 Å². The molecule has 0 fully saturated rings. The largest absolute Gasteiger partial charge is 0.497 e. The molecule has 0 saturated carbocycles. The molecule has 3 rings (SSSR count). The van der Waals surface area contributed by atoms with Gasteiger partial charge >= 0.3 is 0 Å². The molecule has 5 heteroatoms. The summed E-state index contributed by atoms with van der Waals surface area (Å²) in [5.74, 6) is 1.63. The Balaban J connectivity index is 1.93. The summed E-state index contributed by atoms with van der Waals surface area (Å²) in [6.07, 6.45) is -0.555. The summed E-state index contributed by atoms with van der Waals surface area (Å²) in [5, 5.41) is 14.5. The van der Waals surface area contributed by atoms with Crippen molar-refractivity contribution in [1.82, 2.24) is 9.88 Å². The van der Waals surface area contributed by atoms with Gasteiger partial charge in [0, 0.05) is 29.7 Å². The standard InChI is InChI=1S/C24H32N2O3/c1-16(2)25-14-19(27)15-29-24-8-6-7-22-21(24)13-23(26(22)17(3)4)18-9-11-20(28-5)12-10-18/h6-13,16-17,19,25,27H,14-15H2,1-5H3. The third-order valence-corrected chi connectivity index (χ3v) is 4.94. The maximum atomic E-state index is 10.2. The Bertz CT molecular complexity index is 929. The van der Waals surface area contributed by atoms with Crippen LogP contribution in [0, 0.1) is 0 Å². The zero-order chi connectivity index (χ0) is 21.0. The summed E-state index contributed by atoms with van der Waals surface area (Å²) < 4.78 is 13.6. The molecule has 0 aliphatic rings. The van der Waals surface area contributed by atoms with E-state index in [4.69, 9.17) is 9.47 Å². The van der Waals surface area contributed by atoms with Crippen LogP contribution in [0.1, 0.15) is 33.7 Å². The van der Waals surface area contributed by atoms with Gasteiger partial charge in [0.25, 0.3) is 0 Å². The molecule has 3 aromatic rings. The molecule has 0 spiro atoms. The minimum absolute atomic E-state index is 0.254. The lowest BCUT2D eigenvalue weighted by Gasteiger charge is -2.16. The first kappa shape index (κ1) is 21.2. The summed E-state index contributed by atoms with van der Waals surface area (Å²) in [6, 6.07) is 17.0. The lowest BCUT2D eigenvalue weighted by Crippen LogP contribution is -2.35. The summed E-state index contributed by atoms with van der Waals surface area (Å²) in [4.78, 5) is 0. The second-order valence-electron chi connectivity index (χ2n) is 7.94. The van der Waals surface area contributed by atoms with E-state index in [1.165, 1.54) is 0 Å². The first-order chi connectivity index (χ1) is 13.9. The summed E-state index contributed by atoms with van der Waals surface area (Å²) in [5.41, 5.74) is 3.39. The van der Waals surface area contributed by atoms with Crippen LogP contribution in [0.2, 0.25) is 0 Å². The van der Waals surface area contributed by atoms with Gasteiger partial charge < -0.3 is 24.5 Å². The zero-order valence-electron chi connectivity index (χ0n) is 18.0. The molecule has 0 saturated heterocycles. The topological polar surface area (TPSA) is 55.6 Å². The number of hydrogen-bond acceptors (Lipinski definition) is 4. The van der Waals surface area contributed by atoms with E-state index in [1.807, 2.05) is 24.3 Å². The number of rotatable bonds is 9. The van der Waals surface area contributed by atoms with E-state index in [1.54, 1.807) is 7.11 Å². The SMILES string of the molecule is COc1ccc(-c2cc3c(OCC(O)CNC(C)C)cccc3n2C(C)C)cc1. The van der Waals surface area contributed by atoms with E-state index in [0.29, 0.717) is 18.6 Å². The second-order valence-corrected chi connectivity index (χ2v) is 7.94. The Morgan fingerprint density at radius 2 is 1.76 bits per heavy atom. The van der Waals surface area contributed by atoms with Crippen molar-refractivity contribution < 1.29 is 14.6 Å². The average Bonchev–Trinajstić information content (AvgIpc) is 3.11. The molecule has 0 bridgehead atoms. The fourth-order valence-corrected chi connectivity index (χ4v) is 3.51. The van der Waals surface area contributed by atoms with Gasteiger partial charge in [0.15, 0.2) is 0 Å². The molecule has 2 aromatic carbocycles. The number of nitrogens with zero attached hydrogens (tertiary/aromatic N) is 1. The molecular weight excluding hydrogens is 364 g/mol. The third-order valence-electron chi connectivity index (χ3n) is 4.94. The van der Waals surface area contributed by atoms with Crippen LogP contribution in [-0.2, 0) is 0 Å². The van der Waals surface area contributed by atoms with Crippen molar-refractivity contribution in [2.24, 2.45) is 0 Å². The number of ether oxygens (including phenoxy) is 2. The van der Waals surface area contributed by atoms with E-state index in [-0.39, 0.29) is 6.61 Å². The minimum Gasteiger partial charge on any atom is -0.497 e. The molecule has 1 heterocycles. The smallest absolute Gasteiger partial charge is 0.128 e. The van der Waals surface area contributed by atoms with Crippen LogP contribution in [0.3, 0.4) is 0 Å². The van der Waals surface area contributed by atoms with Crippen LogP contribution in [0.5, 0.6) is 11.5 Å². The third kappa shape index (κ3) is 4.92. The van der Waals surface area contributed by atoms with Crippen LogP contribution in [0.25, 0.3) is 22.2 Å². The molecule has 5 nitrogen and oxygen atoms in total. The van der Waals surface area contributed by atoms with E-state index in [9.17, 15) is 5.11 Å². The highest BCUT2D eigenvalue weighted by atomic mass is 16.5. The van der Waals surface area contributed by atoms with E-state index >= 15 is 0 Å². The molecule has 29 heavy (non-hydrogen) atoms. The highest BCUT2D eigenvalue weighted by Crippen LogP contribution is 2.36. The molecule has 1 aromatic heterocycles. The first-order valence-corrected chi connectivity index (χ1v) is 10.2. The molecule has 0 aliphatic heterocycles. The summed E-state index contributed by atoms with van der Waals surface area (Å²) in [6.45, 7) is 9.25. The lowest BCUT2D eigenvalue weighted by molar-refractivity contribution is 0.105. The number of aromatic nitrogens is 1. The van der Waals surface area contributed by atoms with Crippen molar-refractivity contribution in [1.29, 1.82) is 0 Å². The molecule has 0 aliphatic carbocycles. The molecular formula is C24H32N2O3. The monoisotopic (exact) mass is 396 g/mol. The number of nitrogens with one attached hydrogen (secondary N) is 1. The van der Waals surface area contributed by atoms with Crippen LogP contribution >= 0.6 is 0 Å². The second kappa shape index (κ2) is 9.33. The Morgan fingerprint density at radius 3 is 2.38 bits per heavy atom. The van der Waals surface area contributed by atoms with Gasteiger partial charge in [0.2, 0.25) is 0 Å². The number of aliphatic hydroxyl groups excluding tert-OH is 1. The predicted octanol–water partition coefficient (Wildman–Crippen LogP) is 4.64. The molecule has 1 atom stereocenters.